The van der Waals surface area contributed by atoms with Gasteiger partial charge in [0, 0.05) is 38.1 Å². The van der Waals surface area contributed by atoms with Gasteiger partial charge in [0.15, 0.2) is 5.69 Å². The Kier molecular flexibility index (Phi) is 6.61. The van der Waals surface area contributed by atoms with Crippen molar-refractivity contribution in [2.24, 2.45) is 0 Å². The predicted octanol–water partition coefficient (Wildman–Crippen LogP) is 13.7. The maximum Gasteiger partial charge on any atom is 0.218 e. The highest BCUT2D eigenvalue weighted by molar-refractivity contribution is 6.17. The Morgan fingerprint density at radius 1 is 0.345 bits per heavy atom. The lowest BCUT2D eigenvalue weighted by Gasteiger charge is -2.15. The Balaban J connectivity index is 1.11. The van der Waals surface area contributed by atoms with E-state index in [1.165, 1.54) is 10.8 Å². The summed E-state index contributed by atoms with van der Waals surface area (Å²) in [5, 5.41) is 6.74. The zero-order valence-electron chi connectivity index (χ0n) is 29.5. The molecule has 11 rings (SSSR count). The average molecular weight is 700 g/mol. The lowest BCUT2D eigenvalue weighted by atomic mass is 10.0. The monoisotopic (exact) mass is 699 g/mol. The summed E-state index contributed by atoms with van der Waals surface area (Å²) in [7, 11) is 0. The van der Waals surface area contributed by atoms with Crippen LogP contribution in [0.25, 0.3) is 103 Å². The number of aromatic nitrogens is 3. The first-order chi connectivity index (χ1) is 27.2. The molecule has 0 aliphatic rings. The van der Waals surface area contributed by atoms with E-state index >= 15 is 0 Å². The van der Waals surface area contributed by atoms with Crippen molar-refractivity contribution in [1.82, 2.24) is 13.7 Å². The molecule has 0 aliphatic heterocycles. The lowest BCUT2D eigenvalue weighted by molar-refractivity contribution is 1.17. The SMILES string of the molecule is [C-]#[N+]c1c(-c2ccc(-n3c4ccccc4c4c([N+]#[C-])cccc43)cc2)cccc1-n1c2ccccc2c2c(-n3c4ccccc4c4ccccc43)cccc21. The zero-order valence-corrected chi connectivity index (χ0v) is 29.5. The van der Waals surface area contributed by atoms with E-state index < -0.39 is 0 Å². The van der Waals surface area contributed by atoms with Crippen LogP contribution in [0.2, 0.25) is 0 Å². The van der Waals surface area contributed by atoms with Crippen molar-refractivity contribution in [1.29, 1.82) is 0 Å². The summed E-state index contributed by atoms with van der Waals surface area (Å²) in [6, 6.07) is 61.1. The number of nitrogens with zero attached hydrogens (tertiary/aromatic N) is 5. The smallest absolute Gasteiger partial charge is 0.218 e. The summed E-state index contributed by atoms with van der Waals surface area (Å²) in [5.74, 6) is 0. The molecule has 5 heteroatoms. The van der Waals surface area contributed by atoms with Gasteiger partial charge in [-0.15, -0.1) is 0 Å². The molecular formula is C50H29N5. The van der Waals surface area contributed by atoms with Gasteiger partial charge in [0.1, 0.15) is 0 Å². The highest BCUT2D eigenvalue weighted by Gasteiger charge is 2.22. The van der Waals surface area contributed by atoms with Gasteiger partial charge in [-0.05, 0) is 77.2 Å². The minimum absolute atomic E-state index is 0.596. The van der Waals surface area contributed by atoms with Crippen molar-refractivity contribution in [3.8, 4) is 28.2 Å². The summed E-state index contributed by atoms with van der Waals surface area (Å²) in [6.07, 6.45) is 0. The van der Waals surface area contributed by atoms with Crippen molar-refractivity contribution in [3.63, 3.8) is 0 Å². The van der Waals surface area contributed by atoms with Gasteiger partial charge in [0.05, 0.1) is 52.1 Å². The van der Waals surface area contributed by atoms with Crippen LogP contribution in [0.3, 0.4) is 0 Å². The highest BCUT2D eigenvalue weighted by Crippen LogP contribution is 2.44. The third-order valence-corrected chi connectivity index (χ3v) is 11.1. The molecule has 0 fully saturated rings. The fourth-order valence-electron chi connectivity index (χ4n) is 8.85. The number of benzene rings is 8. The largest absolute Gasteiger partial charge is 0.319 e. The summed E-state index contributed by atoms with van der Waals surface area (Å²) >= 11 is 0. The number of rotatable bonds is 4. The molecule has 5 nitrogen and oxygen atoms in total. The van der Waals surface area contributed by atoms with Crippen LogP contribution >= 0.6 is 0 Å². The van der Waals surface area contributed by atoms with Gasteiger partial charge in [0.2, 0.25) is 5.69 Å². The normalized spacial score (nSPS) is 11.6. The quantitative estimate of drug-likeness (QED) is 0.163. The number of hydrogen-bond acceptors (Lipinski definition) is 0. The first-order valence-corrected chi connectivity index (χ1v) is 18.3. The maximum absolute atomic E-state index is 8.58. The third kappa shape index (κ3) is 4.33. The van der Waals surface area contributed by atoms with Crippen LogP contribution in [0.1, 0.15) is 0 Å². The van der Waals surface area contributed by atoms with E-state index in [0.717, 1.165) is 82.8 Å². The van der Waals surface area contributed by atoms with Gasteiger partial charge in [-0.3, -0.25) is 0 Å². The van der Waals surface area contributed by atoms with Crippen molar-refractivity contribution in [2.45, 2.75) is 0 Å². The highest BCUT2D eigenvalue weighted by atomic mass is 15.0. The fourth-order valence-corrected chi connectivity index (χ4v) is 8.85. The van der Waals surface area contributed by atoms with E-state index in [4.69, 9.17) is 13.1 Å². The molecule has 3 aromatic heterocycles. The first-order valence-electron chi connectivity index (χ1n) is 18.3. The van der Waals surface area contributed by atoms with Crippen molar-refractivity contribution >= 4 is 76.8 Å². The van der Waals surface area contributed by atoms with E-state index in [9.17, 15) is 0 Å². The van der Waals surface area contributed by atoms with Gasteiger partial charge in [-0.1, -0.05) is 115 Å². The van der Waals surface area contributed by atoms with E-state index in [1.54, 1.807) is 0 Å². The van der Waals surface area contributed by atoms with Crippen LogP contribution in [0.5, 0.6) is 0 Å². The average Bonchev–Trinajstić information content (AvgIpc) is 3.89. The van der Waals surface area contributed by atoms with Gasteiger partial charge < -0.3 is 13.7 Å². The molecule has 8 aromatic carbocycles. The molecule has 0 amide bonds. The molecule has 0 saturated heterocycles. The van der Waals surface area contributed by atoms with Crippen LogP contribution in [-0.4, -0.2) is 13.7 Å². The number of fused-ring (bicyclic) bond motifs is 9. The van der Waals surface area contributed by atoms with Crippen LogP contribution < -0.4 is 0 Å². The Morgan fingerprint density at radius 3 is 1.45 bits per heavy atom. The summed E-state index contributed by atoms with van der Waals surface area (Å²) < 4.78 is 6.87. The second kappa shape index (κ2) is 11.8. The van der Waals surface area contributed by atoms with E-state index in [-0.39, 0.29) is 0 Å². The standard InChI is InChI=1S/C50H29N5/c1-51-39-19-12-24-44-48(39)37-16-5-9-22-42(37)53(44)33-30-28-32(29-31-33)34-18-11-27-47(50(34)52-2)55-43-23-10-6-17-38(43)49-45(25-13-26-46(49)55)54-40-20-7-3-14-35(40)36-15-4-8-21-41(36)54/h3-31H. The zero-order chi connectivity index (χ0) is 36.6. The lowest BCUT2D eigenvalue weighted by Crippen LogP contribution is -1.97. The molecule has 55 heavy (non-hydrogen) atoms. The minimum atomic E-state index is 0.596. The molecule has 0 N–H and O–H groups in total. The minimum Gasteiger partial charge on any atom is -0.319 e. The van der Waals surface area contributed by atoms with E-state index in [0.29, 0.717) is 11.4 Å². The first kappa shape index (κ1) is 30.7. The topological polar surface area (TPSA) is 23.5 Å². The second-order valence-electron chi connectivity index (χ2n) is 13.9. The fraction of sp³-hybridized carbons (Fsp3) is 0. The molecule has 0 atom stereocenters. The summed E-state index contributed by atoms with van der Waals surface area (Å²) in [5.41, 5.74) is 12.5. The molecule has 0 bridgehead atoms. The molecule has 0 unspecified atom stereocenters. The molecule has 0 aliphatic carbocycles. The number of para-hydroxylation sites is 5. The molecule has 11 aromatic rings. The van der Waals surface area contributed by atoms with E-state index in [1.807, 2.05) is 30.3 Å². The molecule has 0 saturated carbocycles. The Morgan fingerprint density at radius 2 is 0.818 bits per heavy atom. The van der Waals surface area contributed by atoms with Gasteiger partial charge >= 0.3 is 0 Å². The number of hydrogen-bond donors (Lipinski definition) is 0. The third-order valence-electron chi connectivity index (χ3n) is 11.1. The molecule has 0 radical (unpaired) electrons. The predicted molar refractivity (Wildman–Crippen MR) is 227 cm³/mol. The Labute approximate surface area is 316 Å². The molecule has 254 valence electrons. The second-order valence-corrected chi connectivity index (χ2v) is 13.9. The van der Waals surface area contributed by atoms with Crippen molar-refractivity contribution < 1.29 is 0 Å². The summed E-state index contributed by atoms with van der Waals surface area (Å²) in [6.45, 7) is 16.4. The van der Waals surface area contributed by atoms with Gasteiger partial charge in [-0.25, -0.2) is 9.69 Å². The molecule has 3 heterocycles. The Bertz CT molecular complexity index is 3400. The molecule has 0 spiro atoms. The van der Waals surface area contributed by atoms with Crippen LogP contribution in [0.15, 0.2) is 176 Å². The van der Waals surface area contributed by atoms with Crippen LogP contribution in [-0.2, 0) is 0 Å². The Hall–Kier alpha value is -7.86. The van der Waals surface area contributed by atoms with Crippen LogP contribution in [0, 0.1) is 13.1 Å². The van der Waals surface area contributed by atoms with Crippen molar-refractivity contribution in [2.75, 3.05) is 0 Å². The van der Waals surface area contributed by atoms with Crippen molar-refractivity contribution in [3.05, 3.63) is 199 Å². The van der Waals surface area contributed by atoms with Crippen LogP contribution in [0.4, 0.5) is 11.4 Å². The maximum atomic E-state index is 8.58. The van der Waals surface area contributed by atoms with Gasteiger partial charge in [0.25, 0.3) is 0 Å². The van der Waals surface area contributed by atoms with Gasteiger partial charge in [-0.2, -0.15) is 0 Å². The van der Waals surface area contributed by atoms with E-state index in [2.05, 4.69) is 169 Å². The summed E-state index contributed by atoms with van der Waals surface area (Å²) in [4.78, 5) is 8.08. The molecular weight excluding hydrogens is 671 g/mol.